The Bertz CT molecular complexity index is 434. The molecule has 0 aliphatic heterocycles. The molecule has 1 aromatic rings. The van der Waals surface area contributed by atoms with Crippen molar-refractivity contribution in [1.29, 1.82) is 0 Å². The van der Waals surface area contributed by atoms with E-state index in [1.807, 2.05) is 4.90 Å². The fraction of sp³-hybridized carbons (Fsp3) is 0.571. The molecule has 3 nitrogen and oxygen atoms in total. The third kappa shape index (κ3) is 3.15. The summed E-state index contributed by atoms with van der Waals surface area (Å²) < 4.78 is 26.9. The van der Waals surface area contributed by atoms with Crippen molar-refractivity contribution in [1.82, 2.24) is 0 Å². The van der Waals surface area contributed by atoms with Crippen molar-refractivity contribution < 1.29 is 13.9 Å². The second kappa shape index (κ2) is 6.19. The molecule has 106 valence electrons. The van der Waals surface area contributed by atoms with Gasteiger partial charge in [-0.15, -0.1) is 0 Å². The molecule has 19 heavy (non-hydrogen) atoms. The lowest BCUT2D eigenvalue weighted by molar-refractivity contribution is 0.290. The van der Waals surface area contributed by atoms with Crippen molar-refractivity contribution in [2.24, 2.45) is 0 Å². The van der Waals surface area contributed by atoms with Crippen molar-refractivity contribution in [3.8, 4) is 0 Å². The van der Waals surface area contributed by atoms with Crippen molar-refractivity contribution in [3.05, 3.63) is 23.8 Å². The Kier molecular flexibility index (Phi) is 4.58. The van der Waals surface area contributed by atoms with Gasteiger partial charge in [0, 0.05) is 18.7 Å². The van der Waals surface area contributed by atoms with Gasteiger partial charge in [-0.25, -0.2) is 8.78 Å². The standard InChI is InChI=1S/C14H20F2N2O/c15-10-8-12(16)14(17)13(9-10)18(6-7-19)11-4-2-1-3-5-11/h8-9,11,19H,1-7,17H2. The second-order valence-electron chi connectivity index (χ2n) is 5.03. The van der Waals surface area contributed by atoms with Crippen LogP contribution in [0.2, 0.25) is 0 Å². The maximum absolute atomic E-state index is 13.6. The zero-order chi connectivity index (χ0) is 13.8. The SMILES string of the molecule is Nc1c(F)cc(F)cc1N(CCO)C1CCCCC1. The van der Waals surface area contributed by atoms with Gasteiger partial charge < -0.3 is 15.7 Å². The molecular weight excluding hydrogens is 250 g/mol. The zero-order valence-electron chi connectivity index (χ0n) is 10.9. The number of rotatable bonds is 4. The quantitative estimate of drug-likeness (QED) is 0.827. The summed E-state index contributed by atoms with van der Waals surface area (Å²) in [7, 11) is 0. The fourth-order valence-corrected chi connectivity index (χ4v) is 2.81. The summed E-state index contributed by atoms with van der Waals surface area (Å²) in [6, 6.07) is 2.24. The number of aliphatic hydroxyl groups excluding tert-OH is 1. The minimum atomic E-state index is -0.742. The first-order valence-corrected chi connectivity index (χ1v) is 6.75. The van der Waals surface area contributed by atoms with E-state index >= 15 is 0 Å². The molecule has 0 unspecified atom stereocenters. The molecule has 2 rings (SSSR count). The van der Waals surface area contributed by atoms with Crippen LogP contribution in [-0.2, 0) is 0 Å². The van der Waals surface area contributed by atoms with E-state index in [0.29, 0.717) is 12.2 Å². The Hall–Kier alpha value is -1.36. The molecular formula is C14H20F2N2O. The number of nitrogens with two attached hydrogens (primary N) is 1. The van der Waals surface area contributed by atoms with Gasteiger partial charge in [-0.3, -0.25) is 0 Å². The molecule has 0 aromatic heterocycles. The molecule has 5 heteroatoms. The molecule has 0 atom stereocenters. The van der Waals surface area contributed by atoms with Gasteiger partial charge in [-0.2, -0.15) is 0 Å². The second-order valence-corrected chi connectivity index (χ2v) is 5.03. The lowest BCUT2D eigenvalue weighted by Crippen LogP contribution is -2.39. The van der Waals surface area contributed by atoms with Crippen LogP contribution >= 0.6 is 0 Å². The molecule has 1 saturated carbocycles. The van der Waals surface area contributed by atoms with E-state index in [4.69, 9.17) is 5.73 Å². The molecule has 1 aromatic carbocycles. The molecule has 0 radical (unpaired) electrons. The highest BCUT2D eigenvalue weighted by atomic mass is 19.1. The summed E-state index contributed by atoms with van der Waals surface area (Å²) >= 11 is 0. The number of benzene rings is 1. The van der Waals surface area contributed by atoms with Gasteiger partial charge in [0.05, 0.1) is 18.0 Å². The van der Waals surface area contributed by atoms with E-state index in [9.17, 15) is 13.9 Å². The van der Waals surface area contributed by atoms with E-state index in [-0.39, 0.29) is 18.3 Å². The van der Waals surface area contributed by atoms with Crippen LogP contribution in [0.15, 0.2) is 12.1 Å². The van der Waals surface area contributed by atoms with Crippen molar-refractivity contribution >= 4 is 11.4 Å². The minimum absolute atomic E-state index is 0.0413. The van der Waals surface area contributed by atoms with Crippen LogP contribution < -0.4 is 10.6 Å². The zero-order valence-corrected chi connectivity index (χ0v) is 10.9. The van der Waals surface area contributed by atoms with Crippen LogP contribution in [0.3, 0.4) is 0 Å². The highest BCUT2D eigenvalue weighted by Gasteiger charge is 2.24. The maximum Gasteiger partial charge on any atom is 0.151 e. The molecule has 0 spiro atoms. The first-order valence-electron chi connectivity index (χ1n) is 6.75. The van der Waals surface area contributed by atoms with Crippen LogP contribution in [-0.4, -0.2) is 24.3 Å². The molecule has 0 bridgehead atoms. The first-order chi connectivity index (χ1) is 9.13. The van der Waals surface area contributed by atoms with Crippen LogP contribution in [0.5, 0.6) is 0 Å². The lowest BCUT2D eigenvalue weighted by atomic mass is 9.93. The Morgan fingerprint density at radius 2 is 1.89 bits per heavy atom. The molecule has 3 N–H and O–H groups in total. The van der Waals surface area contributed by atoms with Crippen molar-refractivity contribution in [2.75, 3.05) is 23.8 Å². The van der Waals surface area contributed by atoms with Gasteiger partial charge in [-0.05, 0) is 18.9 Å². The third-order valence-corrected chi connectivity index (χ3v) is 3.74. The number of anilines is 2. The molecule has 0 saturated heterocycles. The topological polar surface area (TPSA) is 49.5 Å². The van der Waals surface area contributed by atoms with Gasteiger partial charge in [0.25, 0.3) is 0 Å². The molecule has 1 fully saturated rings. The molecule has 0 heterocycles. The van der Waals surface area contributed by atoms with Crippen LogP contribution in [0, 0.1) is 11.6 Å². The van der Waals surface area contributed by atoms with Gasteiger partial charge >= 0.3 is 0 Å². The first kappa shape index (κ1) is 14.1. The van der Waals surface area contributed by atoms with Crippen molar-refractivity contribution in [3.63, 3.8) is 0 Å². The average Bonchev–Trinajstić information content (AvgIpc) is 2.41. The third-order valence-electron chi connectivity index (χ3n) is 3.74. The number of nitrogen functional groups attached to an aromatic ring is 1. The van der Waals surface area contributed by atoms with Gasteiger partial charge in [0.15, 0.2) is 5.82 Å². The van der Waals surface area contributed by atoms with E-state index in [1.54, 1.807) is 0 Å². The highest BCUT2D eigenvalue weighted by molar-refractivity contribution is 5.68. The smallest absolute Gasteiger partial charge is 0.151 e. The highest BCUT2D eigenvalue weighted by Crippen LogP contribution is 2.32. The Morgan fingerprint density at radius 3 is 2.53 bits per heavy atom. The normalized spacial score (nSPS) is 16.6. The van der Waals surface area contributed by atoms with Crippen LogP contribution in [0.1, 0.15) is 32.1 Å². The van der Waals surface area contributed by atoms with Gasteiger partial charge in [0.1, 0.15) is 5.82 Å². The average molecular weight is 270 g/mol. The van der Waals surface area contributed by atoms with Crippen LogP contribution in [0.25, 0.3) is 0 Å². The number of hydrogen-bond acceptors (Lipinski definition) is 3. The Balaban J connectivity index is 2.32. The van der Waals surface area contributed by atoms with E-state index in [0.717, 1.165) is 31.7 Å². The fourth-order valence-electron chi connectivity index (χ4n) is 2.81. The van der Waals surface area contributed by atoms with Gasteiger partial charge in [-0.1, -0.05) is 19.3 Å². The number of hydrogen-bond donors (Lipinski definition) is 2. The van der Waals surface area contributed by atoms with E-state index in [1.165, 1.54) is 12.5 Å². The number of aliphatic hydroxyl groups is 1. The Morgan fingerprint density at radius 1 is 1.21 bits per heavy atom. The van der Waals surface area contributed by atoms with E-state index < -0.39 is 11.6 Å². The molecule has 0 amide bonds. The largest absolute Gasteiger partial charge is 0.395 e. The summed E-state index contributed by atoms with van der Waals surface area (Å²) in [4.78, 5) is 1.85. The van der Waals surface area contributed by atoms with Crippen LogP contribution in [0.4, 0.5) is 20.2 Å². The monoisotopic (exact) mass is 270 g/mol. The predicted octanol–water partition coefficient (Wildman–Crippen LogP) is 2.68. The van der Waals surface area contributed by atoms with Gasteiger partial charge in [0.2, 0.25) is 0 Å². The Labute approximate surface area is 112 Å². The summed E-state index contributed by atoms with van der Waals surface area (Å²) in [5.74, 6) is -1.38. The summed E-state index contributed by atoms with van der Waals surface area (Å²) in [6.45, 7) is 0.284. The van der Waals surface area contributed by atoms with E-state index in [2.05, 4.69) is 0 Å². The molecule has 1 aliphatic rings. The number of nitrogens with zero attached hydrogens (tertiary/aromatic N) is 1. The minimum Gasteiger partial charge on any atom is -0.395 e. The number of halogens is 2. The summed E-state index contributed by atoms with van der Waals surface area (Å²) in [6.07, 6.45) is 5.33. The summed E-state index contributed by atoms with van der Waals surface area (Å²) in [5, 5.41) is 9.19. The summed E-state index contributed by atoms with van der Waals surface area (Å²) in [5.41, 5.74) is 6.04. The maximum atomic E-state index is 13.6. The van der Waals surface area contributed by atoms with Crippen molar-refractivity contribution in [2.45, 2.75) is 38.1 Å². The lowest BCUT2D eigenvalue weighted by Gasteiger charge is -2.36. The molecule has 1 aliphatic carbocycles. The predicted molar refractivity (Wildman–Crippen MR) is 72.1 cm³/mol.